The Bertz CT molecular complexity index is 750. The topological polar surface area (TPSA) is 56.5 Å². The highest BCUT2D eigenvalue weighted by Gasteiger charge is 2.32. The molecule has 0 N–H and O–H groups in total. The number of thioether (sulfide) groups is 1. The van der Waals surface area contributed by atoms with Crippen LogP contribution in [0, 0.1) is 0 Å². The molecule has 0 saturated carbocycles. The van der Waals surface area contributed by atoms with E-state index in [0.717, 1.165) is 17.7 Å². The standard InChI is InChI=1S/C19H20NO4S/c1-14(21)23-13-16-9-10-18(24-16)20-11-5-6-15(12-20)19(22)25-17-7-3-2-4-8-17/h2-8,11-12,16,18H,9-10,13H2,1H3/q+1/t16-,18+/m0/s1. The Morgan fingerprint density at radius 3 is 2.76 bits per heavy atom. The van der Waals surface area contributed by atoms with Crippen LogP contribution < -0.4 is 4.57 Å². The SMILES string of the molecule is CC(=O)OC[C@@H]1CC[C@H]([n+]2cccc(C(=O)Sc3ccccc3)c2)O1. The van der Waals surface area contributed by atoms with Crippen molar-refractivity contribution in [2.24, 2.45) is 0 Å². The normalized spacial score (nSPS) is 19.6. The molecule has 6 heteroatoms. The average Bonchev–Trinajstić information content (AvgIpc) is 3.10. The van der Waals surface area contributed by atoms with E-state index in [4.69, 9.17) is 9.47 Å². The van der Waals surface area contributed by atoms with Crippen LogP contribution in [-0.4, -0.2) is 23.8 Å². The summed E-state index contributed by atoms with van der Waals surface area (Å²) in [6.07, 6.45) is 5.11. The van der Waals surface area contributed by atoms with E-state index in [0.29, 0.717) is 5.56 Å². The van der Waals surface area contributed by atoms with Gasteiger partial charge in [-0.3, -0.25) is 9.59 Å². The largest absolute Gasteiger partial charge is 0.463 e. The second-order valence-corrected chi connectivity index (χ2v) is 6.88. The van der Waals surface area contributed by atoms with Gasteiger partial charge in [0.15, 0.2) is 12.4 Å². The highest BCUT2D eigenvalue weighted by atomic mass is 32.2. The Hall–Kier alpha value is -2.18. The van der Waals surface area contributed by atoms with E-state index in [1.807, 2.05) is 53.4 Å². The number of rotatable bonds is 5. The van der Waals surface area contributed by atoms with Crippen molar-refractivity contribution in [3.05, 3.63) is 60.4 Å². The van der Waals surface area contributed by atoms with Gasteiger partial charge in [0.05, 0.1) is 11.7 Å². The van der Waals surface area contributed by atoms with Crippen LogP contribution in [0.3, 0.4) is 0 Å². The van der Waals surface area contributed by atoms with Crippen molar-refractivity contribution in [3.63, 3.8) is 0 Å². The molecule has 0 bridgehead atoms. The number of aromatic nitrogens is 1. The molecule has 1 aliphatic heterocycles. The second kappa shape index (κ2) is 8.27. The predicted molar refractivity (Wildman–Crippen MR) is 93.0 cm³/mol. The maximum Gasteiger partial charge on any atom is 0.302 e. The van der Waals surface area contributed by atoms with Gasteiger partial charge in [0.1, 0.15) is 6.61 Å². The van der Waals surface area contributed by atoms with E-state index < -0.39 is 0 Å². The van der Waals surface area contributed by atoms with Gasteiger partial charge >= 0.3 is 5.97 Å². The molecule has 1 aliphatic rings. The predicted octanol–water partition coefficient (Wildman–Crippen LogP) is 3.15. The van der Waals surface area contributed by atoms with Crippen LogP contribution in [0.4, 0.5) is 0 Å². The minimum atomic E-state index is -0.301. The number of nitrogens with zero attached hydrogens (tertiary/aromatic N) is 1. The van der Waals surface area contributed by atoms with E-state index in [1.54, 1.807) is 6.07 Å². The van der Waals surface area contributed by atoms with Gasteiger partial charge in [0, 0.05) is 24.3 Å². The first-order valence-corrected chi connectivity index (χ1v) is 9.00. The lowest BCUT2D eigenvalue weighted by atomic mass is 10.2. The molecular formula is C19H20NO4S+. The molecule has 130 valence electrons. The zero-order valence-corrected chi connectivity index (χ0v) is 14.8. The van der Waals surface area contributed by atoms with E-state index in [-0.39, 0.29) is 30.0 Å². The van der Waals surface area contributed by atoms with Crippen LogP contribution in [0.5, 0.6) is 0 Å². The molecule has 1 aromatic carbocycles. The number of benzene rings is 1. The Kier molecular flexibility index (Phi) is 5.83. The van der Waals surface area contributed by atoms with Crippen molar-refractivity contribution >= 4 is 22.8 Å². The van der Waals surface area contributed by atoms with Gasteiger partial charge in [-0.05, 0) is 36.4 Å². The monoisotopic (exact) mass is 358 g/mol. The van der Waals surface area contributed by atoms with Crippen molar-refractivity contribution in [3.8, 4) is 0 Å². The van der Waals surface area contributed by atoms with Gasteiger partial charge in [-0.2, -0.15) is 4.57 Å². The molecule has 0 radical (unpaired) electrons. The summed E-state index contributed by atoms with van der Waals surface area (Å²) in [7, 11) is 0. The zero-order valence-electron chi connectivity index (χ0n) is 14.0. The maximum atomic E-state index is 12.5. The number of carbonyl (C=O) groups excluding carboxylic acids is 2. The summed E-state index contributed by atoms with van der Waals surface area (Å²) >= 11 is 1.21. The number of esters is 1. The summed E-state index contributed by atoms with van der Waals surface area (Å²) in [5.41, 5.74) is 0.628. The Morgan fingerprint density at radius 2 is 2.00 bits per heavy atom. The molecule has 1 fully saturated rings. The molecule has 2 heterocycles. The molecule has 2 aromatic rings. The summed E-state index contributed by atoms with van der Waals surface area (Å²) in [6, 6.07) is 13.2. The number of carbonyl (C=O) groups is 2. The van der Waals surface area contributed by atoms with Crippen molar-refractivity contribution in [1.82, 2.24) is 0 Å². The fourth-order valence-corrected chi connectivity index (χ4v) is 3.43. The first-order valence-electron chi connectivity index (χ1n) is 8.18. The van der Waals surface area contributed by atoms with Crippen molar-refractivity contribution < 1.29 is 23.6 Å². The van der Waals surface area contributed by atoms with Gasteiger partial charge in [-0.25, -0.2) is 0 Å². The lowest BCUT2D eigenvalue weighted by Crippen LogP contribution is -2.39. The summed E-state index contributed by atoms with van der Waals surface area (Å²) in [5, 5.41) is -0.00462. The van der Waals surface area contributed by atoms with Gasteiger partial charge in [-0.15, -0.1) is 0 Å². The molecule has 5 nitrogen and oxygen atoms in total. The minimum absolute atomic E-state index is 0.00462. The molecule has 0 aliphatic carbocycles. The van der Waals surface area contributed by atoms with Gasteiger partial charge in [0.2, 0.25) is 5.12 Å². The number of hydrogen-bond donors (Lipinski definition) is 0. The van der Waals surface area contributed by atoms with Crippen LogP contribution >= 0.6 is 11.8 Å². The van der Waals surface area contributed by atoms with Crippen molar-refractivity contribution in [2.45, 2.75) is 37.0 Å². The van der Waals surface area contributed by atoms with Crippen LogP contribution in [0.15, 0.2) is 59.8 Å². The molecule has 1 saturated heterocycles. The van der Waals surface area contributed by atoms with Gasteiger partial charge in [0.25, 0.3) is 6.23 Å². The lowest BCUT2D eigenvalue weighted by molar-refractivity contribution is -0.759. The molecule has 0 unspecified atom stereocenters. The van der Waals surface area contributed by atoms with E-state index in [1.165, 1.54) is 18.7 Å². The molecule has 2 atom stereocenters. The fraction of sp³-hybridized carbons (Fsp3) is 0.316. The quantitative estimate of drug-likeness (QED) is 0.467. The molecule has 1 aromatic heterocycles. The second-order valence-electron chi connectivity index (χ2n) is 5.84. The summed E-state index contributed by atoms with van der Waals surface area (Å²) in [6.45, 7) is 1.66. The van der Waals surface area contributed by atoms with E-state index in [2.05, 4.69) is 0 Å². The molecule has 0 amide bonds. The number of pyridine rings is 1. The molecule has 25 heavy (non-hydrogen) atoms. The summed E-state index contributed by atoms with van der Waals surface area (Å²) in [5.74, 6) is -0.301. The maximum absolute atomic E-state index is 12.5. The first-order chi connectivity index (χ1) is 12.1. The Morgan fingerprint density at radius 1 is 1.20 bits per heavy atom. The highest BCUT2D eigenvalue weighted by Crippen LogP contribution is 2.25. The van der Waals surface area contributed by atoms with E-state index in [9.17, 15) is 9.59 Å². The van der Waals surface area contributed by atoms with Crippen molar-refractivity contribution in [1.29, 1.82) is 0 Å². The minimum Gasteiger partial charge on any atom is -0.463 e. The third kappa shape index (κ3) is 4.90. The Labute approximate surface area is 151 Å². The summed E-state index contributed by atoms with van der Waals surface area (Å²) < 4.78 is 12.8. The molecule has 0 spiro atoms. The zero-order chi connectivity index (χ0) is 17.6. The average molecular weight is 358 g/mol. The van der Waals surface area contributed by atoms with E-state index >= 15 is 0 Å². The molecule has 3 rings (SSSR count). The van der Waals surface area contributed by atoms with Crippen LogP contribution in [-0.2, 0) is 14.3 Å². The van der Waals surface area contributed by atoms with Gasteiger partial charge < -0.3 is 9.47 Å². The molecular weight excluding hydrogens is 338 g/mol. The van der Waals surface area contributed by atoms with Crippen LogP contribution in [0.2, 0.25) is 0 Å². The number of hydrogen-bond acceptors (Lipinski definition) is 5. The lowest BCUT2D eigenvalue weighted by Gasteiger charge is -2.10. The fourth-order valence-electron chi connectivity index (χ4n) is 2.69. The van der Waals surface area contributed by atoms with Crippen LogP contribution in [0.25, 0.3) is 0 Å². The first kappa shape index (κ1) is 17.6. The van der Waals surface area contributed by atoms with Crippen LogP contribution in [0.1, 0.15) is 36.4 Å². The highest BCUT2D eigenvalue weighted by molar-refractivity contribution is 8.14. The number of ether oxygens (including phenoxy) is 2. The third-order valence-electron chi connectivity index (χ3n) is 3.90. The van der Waals surface area contributed by atoms with Crippen molar-refractivity contribution in [2.75, 3.05) is 6.61 Å². The third-order valence-corrected chi connectivity index (χ3v) is 4.83. The van der Waals surface area contributed by atoms with Gasteiger partial charge in [-0.1, -0.05) is 18.2 Å². The summed E-state index contributed by atoms with van der Waals surface area (Å²) in [4.78, 5) is 24.3. The Balaban J connectivity index is 1.63. The smallest absolute Gasteiger partial charge is 0.302 e.